The summed E-state index contributed by atoms with van der Waals surface area (Å²) >= 11 is 0. The largest absolute Gasteiger partial charge is 0.441 e. The predicted molar refractivity (Wildman–Crippen MR) is 116 cm³/mol. The van der Waals surface area contributed by atoms with Crippen LogP contribution in [0.25, 0.3) is 11.5 Å². The summed E-state index contributed by atoms with van der Waals surface area (Å²) < 4.78 is 20.8. The van der Waals surface area contributed by atoms with Gasteiger partial charge in [-0.15, -0.1) is 0 Å². The smallest absolute Gasteiger partial charge is 0.228 e. The summed E-state index contributed by atoms with van der Waals surface area (Å²) in [5.74, 6) is 0.787. The zero-order valence-corrected chi connectivity index (χ0v) is 17.6. The van der Waals surface area contributed by atoms with Crippen molar-refractivity contribution in [3.05, 3.63) is 88.8 Å². The van der Waals surface area contributed by atoms with Gasteiger partial charge in [-0.25, -0.2) is 9.37 Å². The second-order valence-corrected chi connectivity index (χ2v) is 7.54. The first-order valence-corrected chi connectivity index (χ1v) is 9.99. The van der Waals surface area contributed by atoms with Crippen molar-refractivity contribution in [1.29, 1.82) is 0 Å². The van der Waals surface area contributed by atoms with Gasteiger partial charge in [0.2, 0.25) is 11.8 Å². The summed E-state index contributed by atoms with van der Waals surface area (Å²) in [6.07, 6.45) is 0.177. The molecule has 0 radical (unpaired) electrons. The Kier molecular flexibility index (Phi) is 5.66. The van der Waals surface area contributed by atoms with E-state index in [1.807, 2.05) is 43.7 Å². The number of hydrogen-bond donors (Lipinski definition) is 1. The maximum atomic E-state index is 13.0. The lowest BCUT2D eigenvalue weighted by Crippen LogP contribution is -2.14. The molecular formula is C24H23FN4O2. The van der Waals surface area contributed by atoms with Crippen molar-refractivity contribution < 1.29 is 13.6 Å². The second kappa shape index (κ2) is 8.55. The fraction of sp³-hybridized carbons (Fsp3) is 0.208. The Morgan fingerprint density at radius 3 is 2.42 bits per heavy atom. The van der Waals surface area contributed by atoms with Crippen LogP contribution in [0.15, 0.2) is 59.0 Å². The first-order valence-electron chi connectivity index (χ1n) is 9.99. The molecule has 0 aliphatic rings. The third kappa shape index (κ3) is 4.88. The Hall–Kier alpha value is -3.74. The number of anilines is 1. The van der Waals surface area contributed by atoms with Gasteiger partial charge in [0.1, 0.15) is 17.3 Å². The number of hydrogen-bond acceptors (Lipinski definition) is 4. The lowest BCUT2D eigenvalue weighted by molar-refractivity contribution is -0.115. The minimum atomic E-state index is -0.320. The number of oxazole rings is 1. The highest BCUT2D eigenvalue weighted by Gasteiger charge is 2.14. The molecule has 2 aromatic carbocycles. The monoisotopic (exact) mass is 418 g/mol. The van der Waals surface area contributed by atoms with Gasteiger partial charge in [0.25, 0.3) is 0 Å². The number of benzene rings is 2. The summed E-state index contributed by atoms with van der Waals surface area (Å²) in [7, 11) is 0. The van der Waals surface area contributed by atoms with Crippen molar-refractivity contribution in [2.75, 3.05) is 5.32 Å². The zero-order valence-electron chi connectivity index (χ0n) is 17.6. The van der Waals surface area contributed by atoms with E-state index >= 15 is 0 Å². The fourth-order valence-electron chi connectivity index (χ4n) is 3.36. The Morgan fingerprint density at radius 2 is 1.77 bits per heavy atom. The Labute approximate surface area is 179 Å². The van der Waals surface area contributed by atoms with Gasteiger partial charge >= 0.3 is 0 Å². The van der Waals surface area contributed by atoms with E-state index in [-0.39, 0.29) is 18.1 Å². The highest BCUT2D eigenvalue weighted by Crippen LogP contribution is 2.24. The molecule has 0 bridgehead atoms. The third-order valence-electron chi connectivity index (χ3n) is 4.99. The van der Waals surface area contributed by atoms with Crippen LogP contribution in [0.3, 0.4) is 0 Å². The lowest BCUT2D eigenvalue weighted by Gasteiger charge is -2.06. The molecule has 1 N–H and O–H groups in total. The van der Waals surface area contributed by atoms with Crippen LogP contribution in [0, 0.1) is 26.6 Å². The maximum Gasteiger partial charge on any atom is 0.228 e. The normalized spacial score (nSPS) is 11.0. The molecule has 2 aromatic heterocycles. The molecule has 31 heavy (non-hydrogen) atoms. The minimum absolute atomic E-state index is 0.168. The summed E-state index contributed by atoms with van der Waals surface area (Å²) in [5.41, 5.74) is 5.11. The second-order valence-electron chi connectivity index (χ2n) is 7.54. The van der Waals surface area contributed by atoms with Crippen LogP contribution in [-0.4, -0.2) is 20.7 Å². The number of nitrogens with zero attached hydrogens (tertiary/aromatic N) is 3. The van der Waals surface area contributed by atoms with E-state index in [4.69, 9.17) is 4.42 Å². The van der Waals surface area contributed by atoms with Crippen LogP contribution in [0.5, 0.6) is 0 Å². The molecule has 0 aliphatic heterocycles. The van der Waals surface area contributed by atoms with Crippen LogP contribution in [0.2, 0.25) is 0 Å². The summed E-state index contributed by atoms with van der Waals surface area (Å²) in [5, 5.41) is 7.32. The molecule has 4 aromatic rings. The third-order valence-corrected chi connectivity index (χ3v) is 4.99. The molecule has 0 aliphatic carbocycles. The van der Waals surface area contributed by atoms with Crippen molar-refractivity contribution in [3.8, 4) is 11.5 Å². The molecule has 2 heterocycles. The molecular weight excluding hydrogens is 395 g/mol. The molecule has 4 rings (SSSR count). The number of amides is 1. The van der Waals surface area contributed by atoms with E-state index in [2.05, 4.69) is 15.4 Å². The molecule has 0 saturated carbocycles. The van der Waals surface area contributed by atoms with Crippen molar-refractivity contribution in [2.45, 2.75) is 33.7 Å². The number of aromatic nitrogens is 3. The van der Waals surface area contributed by atoms with Crippen LogP contribution < -0.4 is 5.32 Å². The maximum absolute atomic E-state index is 13.0. The summed E-state index contributed by atoms with van der Waals surface area (Å²) in [4.78, 5) is 16.9. The van der Waals surface area contributed by atoms with Crippen LogP contribution in [0.4, 0.5) is 10.1 Å². The van der Waals surface area contributed by atoms with E-state index in [9.17, 15) is 9.18 Å². The SMILES string of the molecule is Cc1cc(C)n(Cc2nc(-c3ccc(NC(=O)Cc4ccc(F)cc4)cc3)oc2C)n1. The van der Waals surface area contributed by atoms with Gasteiger partial charge in [-0.05, 0) is 68.8 Å². The zero-order chi connectivity index (χ0) is 22.0. The average Bonchev–Trinajstić information content (AvgIpc) is 3.25. The van der Waals surface area contributed by atoms with Gasteiger partial charge in [0.15, 0.2) is 0 Å². The topological polar surface area (TPSA) is 73.0 Å². The molecule has 1 amide bonds. The summed E-state index contributed by atoms with van der Waals surface area (Å²) in [6, 6.07) is 15.2. The Bertz CT molecular complexity index is 1210. The number of carbonyl (C=O) groups excluding carboxylic acids is 1. The van der Waals surface area contributed by atoms with Crippen molar-refractivity contribution in [1.82, 2.24) is 14.8 Å². The minimum Gasteiger partial charge on any atom is -0.441 e. The van der Waals surface area contributed by atoms with E-state index < -0.39 is 0 Å². The predicted octanol–water partition coefficient (Wildman–Crippen LogP) is 4.83. The first kappa shape index (κ1) is 20.5. The Balaban J connectivity index is 1.42. The highest BCUT2D eigenvalue weighted by atomic mass is 19.1. The molecule has 0 unspecified atom stereocenters. The number of rotatable bonds is 6. The van der Waals surface area contributed by atoms with E-state index in [1.54, 1.807) is 24.3 Å². The van der Waals surface area contributed by atoms with Gasteiger partial charge in [-0.3, -0.25) is 9.48 Å². The number of halogens is 1. The first-order chi connectivity index (χ1) is 14.9. The van der Waals surface area contributed by atoms with E-state index in [1.165, 1.54) is 12.1 Å². The molecule has 6 nitrogen and oxygen atoms in total. The van der Waals surface area contributed by atoms with Gasteiger partial charge in [-0.2, -0.15) is 5.10 Å². The van der Waals surface area contributed by atoms with Crippen molar-refractivity contribution in [2.24, 2.45) is 0 Å². The fourth-order valence-corrected chi connectivity index (χ4v) is 3.36. The lowest BCUT2D eigenvalue weighted by atomic mass is 10.1. The molecule has 0 spiro atoms. The van der Waals surface area contributed by atoms with Gasteiger partial charge in [-0.1, -0.05) is 12.1 Å². The van der Waals surface area contributed by atoms with E-state index in [0.717, 1.165) is 34.0 Å². The molecule has 0 saturated heterocycles. The van der Waals surface area contributed by atoms with E-state index in [0.29, 0.717) is 18.1 Å². The summed E-state index contributed by atoms with van der Waals surface area (Å²) in [6.45, 7) is 6.41. The molecule has 158 valence electrons. The number of aryl methyl sites for hydroxylation is 3. The van der Waals surface area contributed by atoms with Crippen LogP contribution in [-0.2, 0) is 17.8 Å². The molecule has 7 heteroatoms. The molecule has 0 fully saturated rings. The number of carbonyl (C=O) groups is 1. The van der Waals surface area contributed by atoms with Crippen LogP contribution >= 0.6 is 0 Å². The van der Waals surface area contributed by atoms with Crippen LogP contribution in [0.1, 0.15) is 28.4 Å². The van der Waals surface area contributed by atoms with Gasteiger partial charge in [0.05, 0.1) is 18.7 Å². The van der Waals surface area contributed by atoms with Gasteiger partial charge in [0, 0.05) is 16.9 Å². The van der Waals surface area contributed by atoms with Crippen molar-refractivity contribution in [3.63, 3.8) is 0 Å². The number of nitrogens with one attached hydrogen (secondary N) is 1. The molecule has 0 atom stereocenters. The average molecular weight is 418 g/mol. The van der Waals surface area contributed by atoms with Crippen molar-refractivity contribution >= 4 is 11.6 Å². The highest BCUT2D eigenvalue weighted by molar-refractivity contribution is 5.92. The quantitative estimate of drug-likeness (QED) is 0.487. The Morgan fingerprint density at radius 1 is 1.06 bits per heavy atom. The van der Waals surface area contributed by atoms with Gasteiger partial charge < -0.3 is 9.73 Å². The standard InChI is InChI=1S/C24H23FN4O2/c1-15-12-16(2)29(28-15)14-22-17(3)31-24(27-22)19-6-10-21(11-7-19)26-23(30)13-18-4-8-20(25)9-5-18/h4-12H,13-14H2,1-3H3,(H,26,30).